The Morgan fingerprint density at radius 3 is 2.43 bits per heavy atom. The number of hydrogen-bond acceptors (Lipinski definition) is 4. The third kappa shape index (κ3) is 4.25. The van der Waals surface area contributed by atoms with Crippen LogP contribution in [-0.4, -0.2) is 53.9 Å². The van der Waals surface area contributed by atoms with E-state index in [0.717, 1.165) is 5.56 Å². The molecule has 0 bridgehead atoms. The van der Waals surface area contributed by atoms with Crippen LogP contribution in [0.15, 0.2) is 24.3 Å². The van der Waals surface area contributed by atoms with Crippen molar-refractivity contribution in [2.75, 3.05) is 20.2 Å². The third-order valence-electron chi connectivity index (χ3n) is 5.79. The summed E-state index contributed by atoms with van der Waals surface area (Å²) in [7, 11) is 1.34. The van der Waals surface area contributed by atoms with Gasteiger partial charge in [-0.2, -0.15) is 0 Å². The fraction of sp³-hybridized carbons (Fsp3) is 0.435. The fourth-order valence-electron chi connectivity index (χ4n) is 3.99. The summed E-state index contributed by atoms with van der Waals surface area (Å²) in [6.45, 7) is 6.71. The van der Waals surface area contributed by atoms with Crippen LogP contribution in [0.2, 0.25) is 0 Å². The van der Waals surface area contributed by atoms with E-state index in [0.29, 0.717) is 60.4 Å². The molecular weight excluding hydrogens is 382 g/mol. The number of carbonyl (C=O) groups excluding carboxylic acids is 3. The average Bonchev–Trinajstić information content (AvgIpc) is 3.09. The molecule has 1 aromatic carbocycles. The molecule has 0 spiro atoms. The van der Waals surface area contributed by atoms with Crippen LogP contribution in [0.3, 0.4) is 0 Å². The summed E-state index contributed by atoms with van der Waals surface area (Å²) in [4.78, 5) is 42.6. The van der Waals surface area contributed by atoms with Crippen LogP contribution in [0.5, 0.6) is 0 Å². The van der Waals surface area contributed by atoms with E-state index in [9.17, 15) is 14.4 Å². The fourth-order valence-corrected chi connectivity index (χ4v) is 3.99. The third-order valence-corrected chi connectivity index (χ3v) is 5.79. The number of aromatic amines is 1. The van der Waals surface area contributed by atoms with Crippen molar-refractivity contribution in [1.29, 1.82) is 0 Å². The Morgan fingerprint density at radius 2 is 1.83 bits per heavy atom. The lowest BCUT2D eigenvalue weighted by molar-refractivity contribution is 0.0598. The first-order valence-electron chi connectivity index (χ1n) is 10.3. The molecule has 160 valence electrons. The standard InChI is InChI=1S/C23H29N3O4/c1-5-18-19(23(29)30-4)15(3)20(25-18)22(28)26-12-10-16(11-13-26)24-21(27)17-9-7-6-8-14(17)2/h6-9,16,25H,5,10-13H2,1-4H3,(H,24,27). The zero-order chi connectivity index (χ0) is 21.8. The normalized spacial score (nSPS) is 14.5. The molecule has 2 aromatic rings. The van der Waals surface area contributed by atoms with Crippen molar-refractivity contribution in [2.45, 2.75) is 46.1 Å². The van der Waals surface area contributed by atoms with Gasteiger partial charge in [0.2, 0.25) is 0 Å². The van der Waals surface area contributed by atoms with E-state index in [1.807, 2.05) is 38.1 Å². The van der Waals surface area contributed by atoms with Crippen LogP contribution in [0.25, 0.3) is 0 Å². The zero-order valence-electron chi connectivity index (χ0n) is 18.0. The van der Waals surface area contributed by atoms with E-state index in [4.69, 9.17) is 4.74 Å². The summed E-state index contributed by atoms with van der Waals surface area (Å²) in [6, 6.07) is 7.54. The van der Waals surface area contributed by atoms with Crippen molar-refractivity contribution in [3.63, 3.8) is 0 Å². The van der Waals surface area contributed by atoms with Crippen LogP contribution in [-0.2, 0) is 11.2 Å². The Labute approximate surface area is 176 Å². The minimum Gasteiger partial charge on any atom is -0.465 e. The van der Waals surface area contributed by atoms with Crippen molar-refractivity contribution < 1.29 is 19.1 Å². The predicted molar refractivity (Wildman–Crippen MR) is 114 cm³/mol. The maximum absolute atomic E-state index is 13.1. The highest BCUT2D eigenvalue weighted by Crippen LogP contribution is 2.23. The van der Waals surface area contributed by atoms with Gasteiger partial charge in [0.1, 0.15) is 5.69 Å². The van der Waals surface area contributed by atoms with Gasteiger partial charge in [0.15, 0.2) is 0 Å². The largest absolute Gasteiger partial charge is 0.465 e. The molecule has 2 amide bonds. The molecule has 2 N–H and O–H groups in total. The number of nitrogens with one attached hydrogen (secondary N) is 2. The number of ether oxygens (including phenoxy) is 1. The molecule has 1 fully saturated rings. The predicted octanol–water partition coefficient (Wildman–Crippen LogP) is 3.02. The van der Waals surface area contributed by atoms with Crippen molar-refractivity contribution in [3.8, 4) is 0 Å². The molecule has 2 heterocycles. The summed E-state index contributed by atoms with van der Waals surface area (Å²) in [5.41, 5.74) is 3.85. The van der Waals surface area contributed by atoms with Crippen LogP contribution in [0.1, 0.15) is 67.8 Å². The molecule has 7 heteroatoms. The first-order valence-corrected chi connectivity index (χ1v) is 10.3. The SMILES string of the molecule is CCc1[nH]c(C(=O)N2CCC(NC(=O)c3ccccc3C)CC2)c(C)c1C(=O)OC. The minimum absolute atomic E-state index is 0.0303. The molecule has 1 aliphatic rings. The Kier molecular flexibility index (Phi) is 6.59. The van der Waals surface area contributed by atoms with Crippen LogP contribution < -0.4 is 5.32 Å². The smallest absolute Gasteiger partial charge is 0.339 e. The quantitative estimate of drug-likeness (QED) is 0.740. The number of likely N-dealkylation sites (tertiary alicyclic amines) is 1. The molecule has 0 atom stereocenters. The lowest BCUT2D eigenvalue weighted by Crippen LogP contribution is -2.46. The molecule has 7 nitrogen and oxygen atoms in total. The van der Waals surface area contributed by atoms with E-state index in [2.05, 4.69) is 10.3 Å². The van der Waals surface area contributed by atoms with Gasteiger partial charge in [-0.25, -0.2) is 4.79 Å². The number of hydrogen-bond donors (Lipinski definition) is 2. The van der Waals surface area contributed by atoms with E-state index in [-0.39, 0.29) is 17.9 Å². The van der Waals surface area contributed by atoms with Gasteiger partial charge in [-0.15, -0.1) is 0 Å². The number of esters is 1. The summed E-state index contributed by atoms with van der Waals surface area (Å²) >= 11 is 0. The highest BCUT2D eigenvalue weighted by Gasteiger charge is 2.29. The monoisotopic (exact) mass is 411 g/mol. The number of benzene rings is 1. The van der Waals surface area contributed by atoms with Gasteiger partial charge >= 0.3 is 5.97 Å². The van der Waals surface area contributed by atoms with E-state index < -0.39 is 5.97 Å². The number of amides is 2. The van der Waals surface area contributed by atoms with Crippen LogP contribution in [0, 0.1) is 13.8 Å². The van der Waals surface area contributed by atoms with Gasteiger partial charge in [-0.1, -0.05) is 25.1 Å². The molecule has 1 saturated heterocycles. The second-order valence-electron chi connectivity index (χ2n) is 7.68. The lowest BCUT2D eigenvalue weighted by Gasteiger charge is -2.32. The Morgan fingerprint density at radius 1 is 1.17 bits per heavy atom. The van der Waals surface area contributed by atoms with Crippen LogP contribution >= 0.6 is 0 Å². The zero-order valence-corrected chi connectivity index (χ0v) is 18.0. The molecule has 3 rings (SSSR count). The molecule has 1 aliphatic heterocycles. The van der Waals surface area contributed by atoms with Crippen molar-refractivity contribution in [1.82, 2.24) is 15.2 Å². The van der Waals surface area contributed by atoms with Crippen LogP contribution in [0.4, 0.5) is 0 Å². The number of aromatic nitrogens is 1. The molecule has 0 unspecified atom stereocenters. The summed E-state index contributed by atoms with van der Waals surface area (Å²) < 4.78 is 4.87. The number of H-pyrrole nitrogens is 1. The number of nitrogens with zero attached hydrogens (tertiary/aromatic N) is 1. The van der Waals surface area contributed by atoms with Crippen molar-refractivity contribution in [2.24, 2.45) is 0 Å². The Balaban J connectivity index is 1.65. The van der Waals surface area contributed by atoms with E-state index >= 15 is 0 Å². The second-order valence-corrected chi connectivity index (χ2v) is 7.68. The van der Waals surface area contributed by atoms with E-state index in [1.165, 1.54) is 7.11 Å². The van der Waals surface area contributed by atoms with Gasteiger partial charge in [0, 0.05) is 30.4 Å². The van der Waals surface area contributed by atoms with Gasteiger partial charge in [0.05, 0.1) is 12.7 Å². The number of aryl methyl sites for hydroxylation is 2. The molecule has 0 radical (unpaired) electrons. The Bertz CT molecular complexity index is 955. The highest BCUT2D eigenvalue weighted by atomic mass is 16.5. The molecular formula is C23H29N3O4. The summed E-state index contributed by atoms with van der Waals surface area (Å²) in [5, 5.41) is 3.09. The van der Waals surface area contributed by atoms with Gasteiger partial charge in [-0.3, -0.25) is 9.59 Å². The summed E-state index contributed by atoms with van der Waals surface area (Å²) in [5.74, 6) is -0.633. The minimum atomic E-state index is -0.433. The maximum Gasteiger partial charge on any atom is 0.339 e. The number of carbonyl (C=O) groups is 3. The highest BCUT2D eigenvalue weighted by molar-refractivity contribution is 6.00. The molecule has 30 heavy (non-hydrogen) atoms. The second kappa shape index (κ2) is 9.15. The topological polar surface area (TPSA) is 91.5 Å². The van der Waals surface area contributed by atoms with Gasteiger partial charge < -0.3 is 19.9 Å². The molecule has 0 aliphatic carbocycles. The molecule has 1 aromatic heterocycles. The average molecular weight is 412 g/mol. The van der Waals surface area contributed by atoms with Crippen molar-refractivity contribution in [3.05, 3.63) is 57.9 Å². The van der Waals surface area contributed by atoms with Gasteiger partial charge in [-0.05, 0) is 50.3 Å². The maximum atomic E-state index is 13.1. The lowest BCUT2D eigenvalue weighted by atomic mass is 10.0. The number of rotatable bonds is 5. The Hall–Kier alpha value is -3.09. The van der Waals surface area contributed by atoms with E-state index in [1.54, 1.807) is 11.8 Å². The molecule has 0 saturated carbocycles. The van der Waals surface area contributed by atoms with Crippen molar-refractivity contribution >= 4 is 17.8 Å². The van der Waals surface area contributed by atoms with Gasteiger partial charge in [0.25, 0.3) is 11.8 Å². The first kappa shape index (κ1) is 21.6. The summed E-state index contributed by atoms with van der Waals surface area (Å²) in [6.07, 6.45) is 1.98. The number of methoxy groups -OCH3 is 1. The number of piperidine rings is 1. The first-order chi connectivity index (χ1) is 14.4.